The van der Waals surface area contributed by atoms with Gasteiger partial charge in [0.1, 0.15) is 18.2 Å². The Hall–Kier alpha value is -4.28. The van der Waals surface area contributed by atoms with E-state index in [4.69, 9.17) is 26.1 Å². The topological polar surface area (TPSA) is 104 Å². The van der Waals surface area contributed by atoms with Gasteiger partial charge in [0.15, 0.2) is 0 Å². The SMILES string of the molecule is O=C(O)c1ccc2nc(Cn3cc(-c4cccc(OCc5ccc(Cl)cc5F)n4)cn3)n(CC3CCO3)c2c1. The smallest absolute Gasteiger partial charge is 0.335 e. The molecule has 2 aromatic carbocycles. The number of rotatable bonds is 9. The van der Waals surface area contributed by atoms with E-state index in [2.05, 4.69) is 10.1 Å². The first-order valence-corrected chi connectivity index (χ1v) is 12.7. The number of halogens is 2. The lowest BCUT2D eigenvalue weighted by atomic mass is 10.1. The van der Waals surface area contributed by atoms with Gasteiger partial charge in [0.25, 0.3) is 0 Å². The molecule has 1 fully saturated rings. The van der Waals surface area contributed by atoms with E-state index < -0.39 is 11.8 Å². The predicted molar refractivity (Wildman–Crippen MR) is 141 cm³/mol. The van der Waals surface area contributed by atoms with E-state index in [1.807, 2.05) is 22.9 Å². The van der Waals surface area contributed by atoms with Crippen molar-refractivity contribution in [1.82, 2.24) is 24.3 Å². The molecule has 11 heteroatoms. The van der Waals surface area contributed by atoms with Crippen molar-refractivity contribution >= 4 is 28.6 Å². The monoisotopic (exact) mass is 547 g/mol. The number of imidazole rings is 1. The molecule has 6 rings (SSSR count). The van der Waals surface area contributed by atoms with Crippen LogP contribution in [0.4, 0.5) is 4.39 Å². The highest BCUT2D eigenvalue weighted by atomic mass is 35.5. The maximum atomic E-state index is 14.1. The van der Waals surface area contributed by atoms with Gasteiger partial charge in [0, 0.05) is 35.0 Å². The molecule has 1 atom stereocenters. The number of pyridine rings is 1. The summed E-state index contributed by atoms with van der Waals surface area (Å²) >= 11 is 5.82. The normalized spacial score (nSPS) is 14.9. The zero-order chi connectivity index (χ0) is 26.9. The molecule has 4 heterocycles. The summed E-state index contributed by atoms with van der Waals surface area (Å²) in [5, 5.41) is 14.3. The zero-order valence-electron chi connectivity index (χ0n) is 20.6. The molecule has 0 spiro atoms. The van der Waals surface area contributed by atoms with Gasteiger partial charge in [-0.2, -0.15) is 5.10 Å². The summed E-state index contributed by atoms with van der Waals surface area (Å²) in [7, 11) is 0. The summed E-state index contributed by atoms with van der Waals surface area (Å²) in [6, 6.07) is 14.7. The van der Waals surface area contributed by atoms with Gasteiger partial charge in [0.2, 0.25) is 5.88 Å². The van der Waals surface area contributed by atoms with Gasteiger partial charge in [-0.15, -0.1) is 0 Å². The molecule has 0 aliphatic carbocycles. The number of aromatic nitrogens is 5. The summed E-state index contributed by atoms with van der Waals surface area (Å²) < 4.78 is 29.2. The highest BCUT2D eigenvalue weighted by Gasteiger charge is 2.23. The minimum atomic E-state index is -0.986. The van der Waals surface area contributed by atoms with Gasteiger partial charge in [-0.05, 0) is 42.8 Å². The van der Waals surface area contributed by atoms with Crippen LogP contribution in [0.25, 0.3) is 22.3 Å². The molecule has 9 nitrogen and oxygen atoms in total. The molecule has 1 aliphatic heterocycles. The number of benzene rings is 2. The number of hydrogen-bond acceptors (Lipinski definition) is 6. The molecule has 39 heavy (non-hydrogen) atoms. The third kappa shape index (κ3) is 5.34. The molecule has 1 saturated heterocycles. The minimum absolute atomic E-state index is 0.0171. The van der Waals surface area contributed by atoms with Crippen molar-refractivity contribution in [3.05, 3.63) is 94.8 Å². The molecule has 5 aromatic rings. The standard InChI is InChI=1S/C28H23ClFN5O4/c29-20-6-4-18(22(30)11-20)16-39-27-3-1-2-23(33-27)19-12-31-34(13-19)15-26-32-24-7-5-17(28(36)37)10-25(24)35(26)14-21-8-9-38-21/h1-7,10-13,21H,8-9,14-16H2,(H,36,37). The van der Waals surface area contributed by atoms with Crippen LogP contribution in [0.15, 0.2) is 67.0 Å². The summed E-state index contributed by atoms with van der Waals surface area (Å²) in [6.07, 6.45) is 4.57. The molecule has 0 bridgehead atoms. The Morgan fingerprint density at radius 2 is 2.05 bits per heavy atom. The Balaban J connectivity index is 1.22. The van der Waals surface area contributed by atoms with Gasteiger partial charge in [0.05, 0.1) is 47.7 Å². The maximum absolute atomic E-state index is 14.1. The number of carboxylic acids is 1. The van der Waals surface area contributed by atoms with Crippen LogP contribution in [0.1, 0.15) is 28.2 Å². The summed E-state index contributed by atoms with van der Waals surface area (Å²) in [4.78, 5) is 20.8. The highest BCUT2D eigenvalue weighted by Crippen LogP contribution is 2.25. The lowest BCUT2D eigenvalue weighted by Gasteiger charge is -2.27. The quantitative estimate of drug-likeness (QED) is 0.270. The van der Waals surface area contributed by atoms with E-state index in [-0.39, 0.29) is 18.3 Å². The largest absolute Gasteiger partial charge is 0.478 e. The fourth-order valence-corrected chi connectivity index (χ4v) is 4.59. The molecule has 0 radical (unpaired) electrons. The molecular weight excluding hydrogens is 525 g/mol. The molecule has 1 aliphatic rings. The van der Waals surface area contributed by atoms with E-state index in [1.165, 1.54) is 6.07 Å². The second-order valence-corrected chi connectivity index (χ2v) is 9.68. The molecule has 1 unspecified atom stereocenters. The van der Waals surface area contributed by atoms with Crippen LogP contribution in [-0.2, 0) is 24.4 Å². The van der Waals surface area contributed by atoms with E-state index in [0.29, 0.717) is 40.8 Å². The van der Waals surface area contributed by atoms with Gasteiger partial charge in [-0.25, -0.2) is 19.2 Å². The van der Waals surface area contributed by atoms with Gasteiger partial charge in [-0.3, -0.25) is 4.68 Å². The second kappa shape index (κ2) is 10.5. The van der Waals surface area contributed by atoms with Crippen molar-refractivity contribution in [2.75, 3.05) is 6.61 Å². The van der Waals surface area contributed by atoms with Crippen LogP contribution in [0, 0.1) is 5.82 Å². The van der Waals surface area contributed by atoms with Crippen molar-refractivity contribution < 1.29 is 23.8 Å². The molecule has 3 aromatic heterocycles. The minimum Gasteiger partial charge on any atom is -0.478 e. The molecule has 198 valence electrons. The van der Waals surface area contributed by atoms with Crippen LogP contribution in [-0.4, -0.2) is 48.1 Å². The van der Waals surface area contributed by atoms with Crippen LogP contribution in [0.3, 0.4) is 0 Å². The average Bonchev–Trinajstić information content (AvgIpc) is 3.50. The third-order valence-electron chi connectivity index (χ3n) is 6.60. The zero-order valence-corrected chi connectivity index (χ0v) is 21.4. The summed E-state index contributed by atoms with van der Waals surface area (Å²) in [6.45, 7) is 1.69. The Morgan fingerprint density at radius 3 is 2.82 bits per heavy atom. The number of nitrogens with zero attached hydrogens (tertiary/aromatic N) is 5. The maximum Gasteiger partial charge on any atom is 0.335 e. The van der Waals surface area contributed by atoms with E-state index in [9.17, 15) is 14.3 Å². The number of carboxylic acid groups (broad SMARTS) is 1. The van der Waals surface area contributed by atoms with Crippen molar-refractivity contribution in [1.29, 1.82) is 0 Å². The molecular formula is C28H23ClFN5O4. The molecule has 0 saturated carbocycles. The molecule has 1 N–H and O–H groups in total. The number of fused-ring (bicyclic) bond motifs is 1. The number of hydrogen-bond donors (Lipinski definition) is 1. The summed E-state index contributed by atoms with van der Waals surface area (Å²) in [5.41, 5.74) is 3.47. The Morgan fingerprint density at radius 1 is 1.18 bits per heavy atom. The predicted octanol–water partition coefficient (Wildman–Crippen LogP) is 5.20. The fourth-order valence-electron chi connectivity index (χ4n) is 4.44. The number of carbonyl (C=O) groups is 1. The van der Waals surface area contributed by atoms with Crippen LogP contribution in [0.2, 0.25) is 5.02 Å². The fraction of sp³-hybridized carbons (Fsp3) is 0.214. The average molecular weight is 548 g/mol. The Bertz CT molecular complexity index is 1680. The van der Waals surface area contributed by atoms with Crippen molar-refractivity contribution in [3.8, 4) is 17.1 Å². The van der Waals surface area contributed by atoms with E-state index in [1.54, 1.807) is 47.3 Å². The van der Waals surface area contributed by atoms with E-state index in [0.717, 1.165) is 29.9 Å². The first-order chi connectivity index (χ1) is 18.9. The molecule has 0 amide bonds. The van der Waals surface area contributed by atoms with Crippen molar-refractivity contribution in [3.63, 3.8) is 0 Å². The van der Waals surface area contributed by atoms with Crippen LogP contribution in [0.5, 0.6) is 5.88 Å². The van der Waals surface area contributed by atoms with Crippen LogP contribution >= 0.6 is 11.6 Å². The highest BCUT2D eigenvalue weighted by molar-refractivity contribution is 6.30. The first-order valence-electron chi connectivity index (χ1n) is 12.3. The van der Waals surface area contributed by atoms with Gasteiger partial charge < -0.3 is 19.1 Å². The second-order valence-electron chi connectivity index (χ2n) is 9.24. The van der Waals surface area contributed by atoms with E-state index >= 15 is 0 Å². The Labute approximate surface area is 227 Å². The first kappa shape index (κ1) is 25.0. The van der Waals surface area contributed by atoms with Crippen molar-refractivity contribution in [2.45, 2.75) is 32.2 Å². The van der Waals surface area contributed by atoms with Gasteiger partial charge in [-0.1, -0.05) is 23.7 Å². The van der Waals surface area contributed by atoms with Gasteiger partial charge >= 0.3 is 5.97 Å². The summed E-state index contributed by atoms with van der Waals surface area (Å²) in [5.74, 6) is -0.326. The van der Waals surface area contributed by atoms with Crippen LogP contribution < -0.4 is 4.74 Å². The number of ether oxygens (including phenoxy) is 2. The lowest BCUT2D eigenvalue weighted by molar-refractivity contribution is -0.0590. The lowest BCUT2D eigenvalue weighted by Crippen LogP contribution is -2.32. The number of aromatic carboxylic acids is 1. The third-order valence-corrected chi connectivity index (χ3v) is 6.84. The van der Waals surface area contributed by atoms with Crippen molar-refractivity contribution in [2.24, 2.45) is 0 Å². The Kier molecular flexibility index (Phi) is 6.72.